The minimum atomic E-state index is 0.637. The number of hydrogen-bond donors (Lipinski definition) is 0. The summed E-state index contributed by atoms with van der Waals surface area (Å²) in [6.45, 7) is 17.6. The molecule has 0 amide bonds. The maximum absolute atomic E-state index is 6.77. The summed E-state index contributed by atoms with van der Waals surface area (Å²) < 4.78 is 40.6. The van der Waals surface area contributed by atoms with Gasteiger partial charge in [-0.2, -0.15) is 0 Å². The Morgan fingerprint density at radius 3 is 0.598 bits per heavy atom. The molecule has 0 radical (unpaired) electrons. The van der Waals surface area contributed by atoms with Crippen molar-refractivity contribution in [3.05, 3.63) is 108 Å². The Morgan fingerprint density at radius 1 is 0.213 bits per heavy atom. The van der Waals surface area contributed by atoms with Crippen molar-refractivity contribution in [2.45, 2.75) is 427 Å². The first-order valence-electron chi connectivity index (χ1n) is 50.6. The Balaban J connectivity index is 0.981. The highest BCUT2D eigenvalue weighted by atomic mass is 32.1. The van der Waals surface area contributed by atoms with Crippen LogP contribution in [-0.4, -0.2) is 72.5 Å². The number of aromatic nitrogens is 4. The number of nitrogens with zero attached hydrogens (tertiary/aromatic N) is 6. The Hall–Kier alpha value is -6.64. The lowest BCUT2D eigenvalue weighted by molar-refractivity contribution is 0.234. The second-order valence-corrected chi connectivity index (χ2v) is 36.8. The van der Waals surface area contributed by atoms with Gasteiger partial charge in [0.25, 0.3) is 0 Å². The maximum atomic E-state index is 6.77. The van der Waals surface area contributed by atoms with Crippen LogP contribution in [0, 0.1) is 0 Å². The fraction of sp³-hybridized carbons (Fsp3) is 0.667. The second kappa shape index (κ2) is 69.6. The SMILES string of the molecule is CCCCCCCCCCCCOc1cc(-c2nnc(-c3ccc(N=Cc4ccc(C=Nc5ccc(-c6nnc(-c7cc(OCCCCCCCCCCCC)c(OCCCCCCCCCCCC)c(OCCCCCCCCCCCC)c7)s6)cc5)cc4)cc3)s2)cc(OCCCCCCCCCCCC)c1OCCCCCCCCCCCC. The first-order valence-corrected chi connectivity index (χ1v) is 52.3. The highest BCUT2D eigenvalue weighted by Gasteiger charge is 2.23. The third kappa shape index (κ3) is 45.5. The quantitative estimate of drug-likeness (QED) is 0.0268. The van der Waals surface area contributed by atoms with Crippen molar-refractivity contribution in [1.29, 1.82) is 0 Å². The van der Waals surface area contributed by atoms with E-state index in [0.717, 1.165) is 163 Å². The molecule has 0 N–H and O–H groups in total. The van der Waals surface area contributed by atoms with Crippen molar-refractivity contribution in [3.8, 4) is 76.8 Å². The zero-order valence-electron chi connectivity index (χ0n) is 78.0. The van der Waals surface area contributed by atoms with Gasteiger partial charge in [0.2, 0.25) is 11.5 Å². The smallest absolute Gasteiger partial charge is 0.203 e. The van der Waals surface area contributed by atoms with Crippen LogP contribution in [0.4, 0.5) is 11.4 Å². The van der Waals surface area contributed by atoms with E-state index in [0.29, 0.717) is 39.6 Å². The van der Waals surface area contributed by atoms with Crippen molar-refractivity contribution in [2.24, 2.45) is 9.98 Å². The van der Waals surface area contributed by atoms with Crippen LogP contribution < -0.4 is 28.4 Å². The molecule has 2 heterocycles. The zero-order valence-corrected chi connectivity index (χ0v) is 79.6. The molecule has 678 valence electrons. The van der Waals surface area contributed by atoms with Gasteiger partial charge in [0.1, 0.15) is 20.0 Å². The van der Waals surface area contributed by atoms with Crippen LogP contribution in [0.3, 0.4) is 0 Å². The Bertz CT molecular complexity index is 3390. The van der Waals surface area contributed by atoms with Crippen LogP contribution >= 0.6 is 22.7 Å². The van der Waals surface area contributed by atoms with E-state index in [-0.39, 0.29) is 0 Å². The van der Waals surface area contributed by atoms with Gasteiger partial charge in [0.15, 0.2) is 23.0 Å². The van der Waals surface area contributed by atoms with Crippen molar-refractivity contribution < 1.29 is 28.4 Å². The lowest BCUT2D eigenvalue weighted by Crippen LogP contribution is -2.06. The van der Waals surface area contributed by atoms with Crippen molar-refractivity contribution >= 4 is 46.5 Å². The predicted octanol–water partition coefficient (Wildman–Crippen LogP) is 35.4. The van der Waals surface area contributed by atoms with E-state index in [9.17, 15) is 0 Å². The molecular formula is C108H168N6O6S2. The molecule has 0 saturated heterocycles. The number of ether oxygens (including phenoxy) is 6. The van der Waals surface area contributed by atoms with Crippen LogP contribution in [-0.2, 0) is 0 Å². The van der Waals surface area contributed by atoms with Crippen LogP contribution in [0.1, 0.15) is 438 Å². The normalized spacial score (nSPS) is 11.7. The van der Waals surface area contributed by atoms with E-state index in [1.807, 2.05) is 36.7 Å². The minimum Gasteiger partial charge on any atom is -0.490 e. The maximum Gasteiger partial charge on any atom is 0.203 e. The number of benzene rings is 5. The van der Waals surface area contributed by atoms with Gasteiger partial charge >= 0.3 is 0 Å². The number of hydrogen-bond acceptors (Lipinski definition) is 14. The lowest BCUT2D eigenvalue weighted by Gasteiger charge is -2.18. The third-order valence-corrected chi connectivity index (χ3v) is 25.8. The fourth-order valence-corrected chi connectivity index (χ4v) is 17.7. The number of aliphatic imine (C=N–C) groups is 2. The molecule has 0 spiro atoms. The van der Waals surface area contributed by atoms with Gasteiger partial charge in [0.05, 0.1) is 51.0 Å². The van der Waals surface area contributed by atoms with Crippen molar-refractivity contribution in [2.75, 3.05) is 39.6 Å². The summed E-state index contributed by atoms with van der Waals surface area (Å²) in [7, 11) is 0. The topological polar surface area (TPSA) is 132 Å². The monoisotopic (exact) mass is 1710 g/mol. The largest absolute Gasteiger partial charge is 0.490 e. The van der Waals surface area contributed by atoms with Gasteiger partial charge < -0.3 is 28.4 Å². The van der Waals surface area contributed by atoms with Crippen LogP contribution in [0.5, 0.6) is 34.5 Å². The summed E-state index contributed by atoms with van der Waals surface area (Å²) in [5.74, 6) is 4.44. The standard InChI is InChI=1S/C108H168N6O6S2/c1-7-13-19-25-31-37-43-49-55-61-79-115-99-85-95(86-100(116-80-62-56-50-44-38-32-26-20-14-8-2)103(99)119-83-65-59-53-47-41-35-29-23-17-11-5)107-113-111-105(121-107)93-71-75-97(76-72-93)109-89-91-67-69-92(70-68-91)90-110-98-77-73-94(74-78-98)106-112-114-108(122-106)96-87-101(117-81-63-57-51-45-39-33-27-21-15-9-3)104(120-84-66-60-54-48-42-36-30-24-18-12-6)102(88-96)118-82-64-58-52-46-40-34-28-22-16-10-4/h67-78,85-90H,7-66,79-84H2,1-6H3. The summed E-state index contributed by atoms with van der Waals surface area (Å²) >= 11 is 3.17. The van der Waals surface area contributed by atoms with E-state index in [4.69, 9.17) is 58.8 Å². The average Bonchev–Trinajstić information content (AvgIpc) is 1.50. The molecule has 122 heavy (non-hydrogen) atoms. The van der Waals surface area contributed by atoms with Gasteiger partial charge in [-0.3, -0.25) is 9.98 Å². The summed E-state index contributed by atoms with van der Waals surface area (Å²) in [5.41, 5.74) is 7.57. The van der Waals surface area contributed by atoms with E-state index in [1.165, 1.54) is 321 Å². The van der Waals surface area contributed by atoms with E-state index >= 15 is 0 Å². The van der Waals surface area contributed by atoms with Crippen molar-refractivity contribution in [1.82, 2.24) is 20.4 Å². The molecule has 0 aliphatic heterocycles. The first-order chi connectivity index (χ1) is 60.4. The Kier molecular flexibility index (Phi) is 58.4. The Morgan fingerprint density at radius 2 is 0.393 bits per heavy atom. The van der Waals surface area contributed by atoms with Gasteiger partial charge in [-0.05, 0) is 122 Å². The molecule has 2 aromatic heterocycles. The molecule has 7 rings (SSSR count). The Labute approximate surface area is 751 Å². The summed E-state index contributed by atoms with van der Waals surface area (Å²) in [6, 6.07) is 33.4. The molecule has 12 nitrogen and oxygen atoms in total. The molecule has 0 bridgehead atoms. The van der Waals surface area contributed by atoms with Gasteiger partial charge in [-0.1, -0.05) is 435 Å². The second-order valence-electron chi connectivity index (χ2n) is 34.9. The summed E-state index contributed by atoms with van der Waals surface area (Å²) in [4.78, 5) is 9.77. The average molecular weight is 1710 g/mol. The molecule has 14 heteroatoms. The van der Waals surface area contributed by atoms with Crippen molar-refractivity contribution in [3.63, 3.8) is 0 Å². The molecule has 0 saturated carbocycles. The molecular weight excluding hydrogens is 1540 g/mol. The zero-order chi connectivity index (χ0) is 85.7. The highest BCUT2D eigenvalue weighted by molar-refractivity contribution is 7.18. The van der Waals surface area contributed by atoms with Gasteiger partial charge in [0, 0.05) is 34.7 Å². The highest BCUT2D eigenvalue weighted by Crippen LogP contribution is 2.46. The molecule has 0 aliphatic rings. The first kappa shape index (κ1) is 102. The predicted molar refractivity (Wildman–Crippen MR) is 527 cm³/mol. The molecule has 7 aromatic rings. The van der Waals surface area contributed by atoms with E-state index in [1.54, 1.807) is 22.7 Å². The molecule has 0 unspecified atom stereocenters. The lowest BCUT2D eigenvalue weighted by atomic mass is 10.1. The van der Waals surface area contributed by atoms with Crippen LogP contribution in [0.15, 0.2) is 107 Å². The summed E-state index contributed by atoms with van der Waals surface area (Å²) in [6.07, 6.45) is 80.6. The number of unbranched alkanes of at least 4 members (excludes halogenated alkanes) is 54. The molecule has 0 aliphatic carbocycles. The van der Waals surface area contributed by atoms with E-state index in [2.05, 4.69) is 114 Å². The number of rotatable bonds is 80. The fourth-order valence-electron chi connectivity index (χ4n) is 16.0. The van der Waals surface area contributed by atoms with Crippen LogP contribution in [0.2, 0.25) is 0 Å². The molecule has 0 atom stereocenters. The van der Waals surface area contributed by atoms with Gasteiger partial charge in [-0.25, -0.2) is 0 Å². The minimum absolute atomic E-state index is 0.637. The summed E-state index contributed by atoms with van der Waals surface area (Å²) in [5, 5.41) is 22.5. The molecule has 0 fully saturated rings. The molecule has 5 aromatic carbocycles. The van der Waals surface area contributed by atoms with Crippen LogP contribution in [0.25, 0.3) is 42.3 Å². The third-order valence-electron chi connectivity index (χ3n) is 23.8. The van der Waals surface area contributed by atoms with E-state index < -0.39 is 0 Å². The van der Waals surface area contributed by atoms with Gasteiger partial charge in [-0.15, -0.1) is 20.4 Å².